The summed E-state index contributed by atoms with van der Waals surface area (Å²) in [5.74, 6) is -0.650. The minimum Gasteiger partial charge on any atom is -0.508 e. The summed E-state index contributed by atoms with van der Waals surface area (Å²) in [5.41, 5.74) is 1.53. The molecule has 0 heterocycles. The summed E-state index contributed by atoms with van der Waals surface area (Å²) < 4.78 is 5.09. The average molecular weight is 358 g/mol. The first kappa shape index (κ1) is 19.3. The Morgan fingerprint density at radius 1 is 1.08 bits per heavy atom. The number of carboxylic acid groups (broad SMARTS) is 1. The molecule has 0 bridgehead atoms. The fourth-order valence-corrected chi connectivity index (χ4v) is 2.37. The van der Waals surface area contributed by atoms with Gasteiger partial charge in [-0.1, -0.05) is 12.1 Å². The molecule has 4 N–H and O–H groups in total. The first-order chi connectivity index (χ1) is 12.5. The van der Waals surface area contributed by atoms with Crippen LogP contribution in [-0.2, 0) is 16.0 Å². The van der Waals surface area contributed by atoms with Gasteiger partial charge in [-0.05, 0) is 54.9 Å². The zero-order chi connectivity index (χ0) is 18.9. The van der Waals surface area contributed by atoms with Gasteiger partial charge in [0.1, 0.15) is 17.5 Å². The number of ether oxygens (including phenoxy) is 1. The molecule has 1 amide bonds. The first-order valence-electron chi connectivity index (χ1n) is 8.16. The average Bonchev–Trinajstić information content (AvgIpc) is 2.63. The lowest BCUT2D eigenvalue weighted by Gasteiger charge is -2.14. The van der Waals surface area contributed by atoms with Gasteiger partial charge in [-0.3, -0.25) is 9.59 Å². The molecule has 0 saturated heterocycles. The van der Waals surface area contributed by atoms with E-state index in [0.717, 1.165) is 11.3 Å². The molecule has 138 valence electrons. The number of phenolic OH excluding ortho intramolecular Hbond substituents is 1. The third kappa shape index (κ3) is 6.10. The smallest absolute Gasteiger partial charge is 0.321 e. The number of rotatable bonds is 9. The predicted molar refractivity (Wildman–Crippen MR) is 97.5 cm³/mol. The highest BCUT2D eigenvalue weighted by Crippen LogP contribution is 2.14. The zero-order valence-corrected chi connectivity index (χ0v) is 14.4. The third-order valence-corrected chi connectivity index (χ3v) is 3.80. The van der Waals surface area contributed by atoms with Gasteiger partial charge >= 0.3 is 5.97 Å². The zero-order valence-electron chi connectivity index (χ0n) is 14.4. The molecule has 0 radical (unpaired) electrons. The van der Waals surface area contributed by atoms with Crippen molar-refractivity contribution in [2.24, 2.45) is 0 Å². The maximum absolute atomic E-state index is 12.0. The number of carboxylic acids is 1. The minimum atomic E-state index is -1.08. The van der Waals surface area contributed by atoms with Crippen molar-refractivity contribution in [2.45, 2.75) is 18.9 Å². The number of hydrogen-bond acceptors (Lipinski definition) is 5. The quantitative estimate of drug-likeness (QED) is 0.511. The fraction of sp³-hybridized carbons (Fsp3) is 0.263. The Morgan fingerprint density at radius 3 is 2.31 bits per heavy atom. The number of hydrogen-bond donors (Lipinski definition) is 4. The van der Waals surface area contributed by atoms with E-state index in [9.17, 15) is 19.8 Å². The second-order valence-electron chi connectivity index (χ2n) is 5.74. The summed E-state index contributed by atoms with van der Waals surface area (Å²) in [4.78, 5) is 23.4. The van der Waals surface area contributed by atoms with E-state index in [0.29, 0.717) is 18.7 Å². The highest BCUT2D eigenvalue weighted by Gasteiger charge is 2.20. The summed E-state index contributed by atoms with van der Waals surface area (Å²) in [6.07, 6.45) is 0.437. The van der Waals surface area contributed by atoms with Gasteiger partial charge in [0.05, 0.1) is 13.5 Å². The largest absolute Gasteiger partial charge is 0.508 e. The number of aliphatic carboxylic acids is 1. The minimum absolute atomic E-state index is 0.0895. The fourth-order valence-electron chi connectivity index (χ4n) is 2.37. The standard InChI is InChI=1S/C19H22N2O5/c1-26-16-8-2-13(3-9-16)10-11-20-17(19(24)25)12-18(23)21-14-4-6-15(22)7-5-14/h2-9,17,20,22H,10-12H2,1H3,(H,21,23)(H,24,25). The topological polar surface area (TPSA) is 108 Å². The number of nitrogens with one attached hydrogen (secondary N) is 2. The summed E-state index contributed by atoms with van der Waals surface area (Å²) >= 11 is 0. The van der Waals surface area contributed by atoms with E-state index < -0.39 is 17.9 Å². The highest BCUT2D eigenvalue weighted by atomic mass is 16.5. The third-order valence-electron chi connectivity index (χ3n) is 3.80. The van der Waals surface area contributed by atoms with Crippen LogP contribution >= 0.6 is 0 Å². The van der Waals surface area contributed by atoms with Crippen LogP contribution in [-0.4, -0.2) is 41.8 Å². The number of amides is 1. The Kier molecular flexibility index (Phi) is 6.99. The summed E-state index contributed by atoms with van der Waals surface area (Å²) in [7, 11) is 1.59. The predicted octanol–water partition coefficient (Wildman–Crippen LogP) is 2.01. The van der Waals surface area contributed by atoms with Crippen LogP contribution in [0.4, 0.5) is 5.69 Å². The van der Waals surface area contributed by atoms with E-state index in [1.807, 2.05) is 24.3 Å². The van der Waals surface area contributed by atoms with E-state index >= 15 is 0 Å². The van der Waals surface area contributed by atoms with Gasteiger partial charge < -0.3 is 25.6 Å². The van der Waals surface area contributed by atoms with Gasteiger partial charge in [0.15, 0.2) is 0 Å². The number of benzene rings is 2. The van der Waals surface area contributed by atoms with Crippen LogP contribution in [0, 0.1) is 0 Å². The second-order valence-corrected chi connectivity index (χ2v) is 5.74. The van der Waals surface area contributed by atoms with Gasteiger partial charge in [0.25, 0.3) is 0 Å². The molecule has 7 nitrogen and oxygen atoms in total. The number of aromatic hydroxyl groups is 1. The van der Waals surface area contributed by atoms with Crippen molar-refractivity contribution >= 4 is 17.6 Å². The van der Waals surface area contributed by atoms with Crippen LogP contribution in [0.2, 0.25) is 0 Å². The summed E-state index contributed by atoms with van der Waals surface area (Å²) in [6, 6.07) is 12.5. The second kappa shape index (κ2) is 9.43. The molecule has 0 aromatic heterocycles. The van der Waals surface area contributed by atoms with Gasteiger partial charge in [-0.25, -0.2) is 0 Å². The lowest BCUT2D eigenvalue weighted by atomic mass is 10.1. The van der Waals surface area contributed by atoms with E-state index in [4.69, 9.17) is 4.74 Å². The SMILES string of the molecule is COc1ccc(CCNC(CC(=O)Nc2ccc(O)cc2)C(=O)O)cc1. The molecule has 0 fully saturated rings. The monoisotopic (exact) mass is 358 g/mol. The molecule has 2 aromatic rings. The molecule has 0 aliphatic rings. The molecule has 0 saturated carbocycles. The maximum atomic E-state index is 12.0. The molecule has 1 atom stereocenters. The Hall–Kier alpha value is -3.06. The first-order valence-corrected chi connectivity index (χ1v) is 8.16. The Balaban J connectivity index is 1.82. The summed E-state index contributed by atoms with van der Waals surface area (Å²) in [6.45, 7) is 0.426. The number of carbonyl (C=O) groups is 2. The van der Waals surface area contributed by atoms with Crippen molar-refractivity contribution < 1.29 is 24.5 Å². The van der Waals surface area contributed by atoms with Crippen molar-refractivity contribution in [1.29, 1.82) is 0 Å². The van der Waals surface area contributed by atoms with Gasteiger partial charge in [-0.2, -0.15) is 0 Å². The maximum Gasteiger partial charge on any atom is 0.321 e. The number of methoxy groups -OCH3 is 1. The van der Waals surface area contributed by atoms with Crippen LogP contribution in [0.3, 0.4) is 0 Å². The van der Waals surface area contributed by atoms with Crippen molar-refractivity contribution in [1.82, 2.24) is 5.32 Å². The van der Waals surface area contributed by atoms with Crippen LogP contribution in [0.1, 0.15) is 12.0 Å². The lowest BCUT2D eigenvalue weighted by molar-refractivity contribution is -0.141. The Labute approximate surface area is 151 Å². The number of carbonyl (C=O) groups excluding carboxylic acids is 1. The van der Waals surface area contributed by atoms with Gasteiger partial charge in [-0.15, -0.1) is 0 Å². The molecule has 7 heteroatoms. The van der Waals surface area contributed by atoms with E-state index in [2.05, 4.69) is 10.6 Å². The van der Waals surface area contributed by atoms with Crippen LogP contribution in [0.25, 0.3) is 0 Å². The summed E-state index contributed by atoms with van der Waals surface area (Å²) in [5, 5.41) is 24.0. The molecular weight excluding hydrogens is 336 g/mol. The van der Waals surface area contributed by atoms with Gasteiger partial charge in [0.2, 0.25) is 5.91 Å². The van der Waals surface area contributed by atoms with Crippen LogP contribution < -0.4 is 15.4 Å². The van der Waals surface area contributed by atoms with Crippen LogP contribution in [0.5, 0.6) is 11.5 Å². The molecule has 0 aliphatic carbocycles. The molecule has 1 unspecified atom stereocenters. The van der Waals surface area contributed by atoms with Crippen molar-refractivity contribution in [3.63, 3.8) is 0 Å². The molecule has 2 aromatic carbocycles. The molecular formula is C19H22N2O5. The molecule has 26 heavy (non-hydrogen) atoms. The normalized spacial score (nSPS) is 11.6. The Morgan fingerprint density at radius 2 is 1.73 bits per heavy atom. The van der Waals surface area contributed by atoms with Crippen molar-refractivity contribution in [2.75, 3.05) is 19.0 Å². The molecule has 2 rings (SSSR count). The van der Waals surface area contributed by atoms with Crippen molar-refractivity contribution in [3.05, 3.63) is 54.1 Å². The van der Waals surface area contributed by atoms with Crippen molar-refractivity contribution in [3.8, 4) is 11.5 Å². The van der Waals surface area contributed by atoms with Gasteiger partial charge in [0, 0.05) is 5.69 Å². The number of anilines is 1. The van der Waals surface area contributed by atoms with Crippen LogP contribution in [0.15, 0.2) is 48.5 Å². The Bertz CT molecular complexity index is 729. The molecule has 0 aliphatic heterocycles. The van der Waals surface area contributed by atoms with E-state index in [1.54, 1.807) is 19.2 Å². The van der Waals surface area contributed by atoms with E-state index in [1.165, 1.54) is 12.1 Å². The van der Waals surface area contributed by atoms with E-state index in [-0.39, 0.29) is 12.2 Å². The lowest BCUT2D eigenvalue weighted by Crippen LogP contribution is -2.40. The highest BCUT2D eigenvalue weighted by molar-refractivity contribution is 5.94. The molecule has 0 spiro atoms. The number of phenols is 1.